The highest BCUT2D eigenvalue weighted by atomic mass is 32.1. The van der Waals surface area contributed by atoms with Crippen molar-refractivity contribution in [3.63, 3.8) is 0 Å². The molecule has 16 atom stereocenters. The maximum absolute atomic E-state index is 14.4. The number of carbonyl (C=O) groups is 18. The lowest BCUT2D eigenvalue weighted by atomic mass is 9.95. The van der Waals surface area contributed by atoms with Gasteiger partial charge in [0, 0.05) is 56.3 Å². The molecule has 3 rings (SSSR count). The highest BCUT2D eigenvalue weighted by molar-refractivity contribution is 7.80. The number of rotatable bonds is 56. The van der Waals surface area contributed by atoms with E-state index in [-0.39, 0.29) is 69.7 Å². The van der Waals surface area contributed by atoms with Crippen molar-refractivity contribution in [1.29, 1.82) is 10.8 Å². The molecular formula is C77H121N23O23S2. The third-order valence-corrected chi connectivity index (χ3v) is 20.5. The van der Waals surface area contributed by atoms with Crippen LogP contribution < -0.4 is 108 Å². The molecule has 31 N–H and O–H groups in total. The molecule has 1 aliphatic rings. The zero-order valence-corrected chi connectivity index (χ0v) is 72.3. The van der Waals surface area contributed by atoms with Crippen LogP contribution in [0.2, 0.25) is 0 Å². The number of aliphatic hydroxyl groups is 2. The molecule has 0 aliphatic carbocycles. The normalized spacial score (nSPS) is 16.3. The van der Waals surface area contributed by atoms with Gasteiger partial charge in [-0.15, -0.1) is 0 Å². The van der Waals surface area contributed by atoms with Gasteiger partial charge in [-0.2, -0.15) is 25.3 Å². The van der Waals surface area contributed by atoms with Crippen molar-refractivity contribution in [1.82, 2.24) is 90.0 Å². The lowest BCUT2D eigenvalue weighted by Crippen LogP contribution is -2.62. The quantitative estimate of drug-likeness (QED) is 0.0127. The van der Waals surface area contributed by atoms with Crippen molar-refractivity contribution >= 4 is 144 Å². The standard InChI is InChI=1S/C77H121N23O23S2/c1-8-39(6)61(99-70(117)54(17-13-27-85-77(82)83)100-40(7)28-44(78)74(100)121)73(120)98-60(38(4)5)72(119)92-47(22-24-55(79)104)65(112)96-53(36-125)69(116)90-45(16-12-26-84-76(80)81)64(111)94-51(34-102)68(115)97-59(37(2)3)71(118)91-46(23-25-58(107)108)62(109)86-32-57(106)89-50(33-101)67(114)95-52(35-124)63(110)87-31-56(105)88-48(29-41-14-10-9-11-15-41)66(113)93-49(75(122)123)30-42-18-20-43(103)21-19-42/h9-11,14-15,18-21,37-40,44-54,59-61,101-103,124-125H,8,12-13,16-17,22-36,78H2,1-7H3,(H2,79,104)(H,86,109)(H,87,110)(H,88,105)(H,89,106)(H,90,116)(H,91,118)(H,92,119)(H,93,113)(H,94,111)(H,95,114)(H,96,112)(H,97,115)(H,98,120)(H,99,117)(H,107,108)(H,122,123)(H4,80,81,84)(H4,82,83,85)/t39-,40?,44-,45?,46-,47?,48-,49-,50-,51-,52-,53-,54-,59-,60-,61-/m0/s1. The van der Waals surface area contributed by atoms with Crippen molar-refractivity contribution in [2.24, 2.45) is 40.7 Å². The van der Waals surface area contributed by atoms with Crippen LogP contribution >= 0.6 is 25.3 Å². The van der Waals surface area contributed by atoms with Gasteiger partial charge in [-0.25, -0.2) is 4.79 Å². The molecule has 0 radical (unpaired) electrons. The number of carboxylic acid groups (broad SMARTS) is 2. The Morgan fingerprint density at radius 2 is 0.848 bits per heavy atom. The van der Waals surface area contributed by atoms with Gasteiger partial charge >= 0.3 is 11.9 Å². The number of hydrogen-bond acceptors (Lipinski definition) is 26. The van der Waals surface area contributed by atoms with Gasteiger partial charge in [0.2, 0.25) is 94.5 Å². The van der Waals surface area contributed by atoms with Crippen LogP contribution in [0.4, 0.5) is 0 Å². The van der Waals surface area contributed by atoms with Crippen molar-refractivity contribution in [2.75, 3.05) is 50.9 Å². The number of amides is 16. The predicted molar refractivity (Wildman–Crippen MR) is 456 cm³/mol. The van der Waals surface area contributed by atoms with Gasteiger partial charge in [-0.1, -0.05) is 90.4 Å². The molecule has 1 saturated heterocycles. The Morgan fingerprint density at radius 3 is 1.32 bits per heavy atom. The minimum atomic E-state index is -1.93. The van der Waals surface area contributed by atoms with E-state index in [0.717, 1.165) is 0 Å². The lowest BCUT2D eigenvalue weighted by Gasteiger charge is -2.34. The summed E-state index contributed by atoms with van der Waals surface area (Å²) in [5, 5.41) is 104. The molecule has 2 aromatic rings. The van der Waals surface area contributed by atoms with Crippen LogP contribution in [0.1, 0.15) is 124 Å². The number of nitrogens with two attached hydrogens (primary N) is 4. The Balaban J connectivity index is 1.75. The van der Waals surface area contributed by atoms with Gasteiger partial charge in [0.1, 0.15) is 84.3 Å². The molecule has 1 fully saturated rings. The Labute approximate surface area is 732 Å². The lowest BCUT2D eigenvalue weighted by molar-refractivity contribution is -0.142. The average Bonchev–Trinajstić information content (AvgIpc) is 1.66. The zero-order valence-electron chi connectivity index (χ0n) is 70.5. The minimum Gasteiger partial charge on any atom is -0.508 e. The Kier molecular flexibility index (Phi) is 46.6. The van der Waals surface area contributed by atoms with E-state index in [1.165, 1.54) is 43.0 Å². The highest BCUT2D eigenvalue weighted by Crippen LogP contribution is 2.25. The number of carboxylic acids is 2. The number of guanidine groups is 2. The molecule has 694 valence electrons. The van der Waals surface area contributed by atoms with Gasteiger partial charge in [0.05, 0.1) is 32.3 Å². The third-order valence-electron chi connectivity index (χ3n) is 19.8. The monoisotopic (exact) mass is 1800 g/mol. The number of phenols is 1. The van der Waals surface area contributed by atoms with Gasteiger partial charge in [-0.3, -0.25) is 92.3 Å². The summed E-state index contributed by atoms with van der Waals surface area (Å²) in [4.78, 5) is 245. The molecule has 46 nitrogen and oxygen atoms in total. The summed E-state index contributed by atoms with van der Waals surface area (Å²) >= 11 is 8.34. The fraction of sp³-hybridized carbons (Fsp3) is 0.584. The van der Waals surface area contributed by atoms with Crippen LogP contribution in [-0.4, -0.2) is 290 Å². The Bertz CT molecular complexity index is 4080. The van der Waals surface area contributed by atoms with E-state index in [1.54, 1.807) is 65.0 Å². The van der Waals surface area contributed by atoms with Crippen LogP contribution in [0.25, 0.3) is 0 Å². The topological polar surface area (TPSA) is 756 Å². The maximum Gasteiger partial charge on any atom is 0.326 e. The first-order chi connectivity index (χ1) is 58.9. The molecule has 16 amide bonds. The molecule has 125 heavy (non-hydrogen) atoms. The van der Waals surface area contributed by atoms with Crippen LogP contribution in [0.5, 0.6) is 5.75 Å². The van der Waals surface area contributed by atoms with Gasteiger partial charge < -0.3 is 138 Å². The van der Waals surface area contributed by atoms with E-state index in [4.69, 9.17) is 33.8 Å². The van der Waals surface area contributed by atoms with Crippen molar-refractivity contribution in [3.05, 3.63) is 65.7 Å². The summed E-state index contributed by atoms with van der Waals surface area (Å²) in [6, 6.07) is -7.96. The molecule has 0 spiro atoms. The molecule has 2 aromatic carbocycles. The van der Waals surface area contributed by atoms with E-state index in [1.807, 2.05) is 0 Å². The van der Waals surface area contributed by atoms with Crippen LogP contribution in [-0.2, 0) is 99.1 Å². The number of hydrogen-bond donors (Lipinski definition) is 29. The van der Waals surface area contributed by atoms with Gasteiger partial charge in [-0.05, 0) is 92.9 Å². The fourth-order valence-corrected chi connectivity index (χ4v) is 13.1. The summed E-state index contributed by atoms with van der Waals surface area (Å²) in [6.45, 7) is 7.10. The Morgan fingerprint density at radius 1 is 0.464 bits per heavy atom. The van der Waals surface area contributed by atoms with E-state index >= 15 is 0 Å². The number of nitrogens with one attached hydrogen (secondary N) is 18. The number of likely N-dealkylation sites (tertiary alicyclic amines) is 1. The smallest absolute Gasteiger partial charge is 0.326 e. The molecule has 1 aliphatic heterocycles. The van der Waals surface area contributed by atoms with Crippen molar-refractivity contribution in [3.8, 4) is 5.75 Å². The second-order valence-electron chi connectivity index (χ2n) is 30.4. The van der Waals surface area contributed by atoms with Crippen LogP contribution in [0.3, 0.4) is 0 Å². The number of phenolic OH excluding ortho intramolecular Hbond substituents is 1. The predicted octanol–water partition coefficient (Wildman–Crippen LogP) is -8.51. The second-order valence-corrected chi connectivity index (χ2v) is 31.2. The molecule has 0 aromatic heterocycles. The zero-order chi connectivity index (χ0) is 94.1. The Hall–Kier alpha value is -12.2. The first kappa shape index (κ1) is 107. The van der Waals surface area contributed by atoms with Crippen molar-refractivity contribution in [2.45, 2.75) is 216 Å². The maximum atomic E-state index is 14.4. The highest BCUT2D eigenvalue weighted by Gasteiger charge is 2.44. The molecule has 1 heterocycles. The largest absolute Gasteiger partial charge is 0.508 e. The number of aliphatic carboxylic acids is 2. The van der Waals surface area contributed by atoms with E-state index in [9.17, 15) is 112 Å². The van der Waals surface area contributed by atoms with Crippen molar-refractivity contribution < 1.29 is 112 Å². The SMILES string of the molecule is CC[C@H](C)[C@H](NC(=O)[C@H](CCCNC(=N)N)N1C(=O)[C@@H](N)CC1C)C(=O)N[C@H](C(=O)NC(CCC(N)=O)C(=O)N[C@@H](CS)C(=O)NC(CCCNC(=N)N)C(=O)N[C@@H](CO)C(=O)N[C@H](C(=O)N[C@@H](CCC(=O)O)C(=O)NCC(=O)N[C@@H](CO)C(=O)N[C@@H](CS)C(=O)NCC(=O)N[C@@H](Cc1ccccc1)C(=O)N[C@@H](Cc1ccc(O)cc1)C(=O)O)C(C)C)C(C)C. The summed E-state index contributed by atoms with van der Waals surface area (Å²) in [6.07, 6.45) is -2.17. The summed E-state index contributed by atoms with van der Waals surface area (Å²) < 4.78 is 0. The summed E-state index contributed by atoms with van der Waals surface area (Å²) in [5.74, 6) is -22.9. The van der Waals surface area contributed by atoms with E-state index < -0.39 is 284 Å². The first-order valence-electron chi connectivity index (χ1n) is 40.3. The summed E-state index contributed by atoms with van der Waals surface area (Å²) in [5.41, 5.74) is 23.5. The first-order valence-corrected chi connectivity index (χ1v) is 41.6. The van der Waals surface area contributed by atoms with E-state index in [2.05, 4.69) is 110 Å². The van der Waals surface area contributed by atoms with Crippen LogP contribution in [0.15, 0.2) is 54.6 Å². The average molecular weight is 1800 g/mol. The van der Waals surface area contributed by atoms with E-state index in [0.29, 0.717) is 17.5 Å². The minimum absolute atomic E-state index is 0.0394. The van der Waals surface area contributed by atoms with Gasteiger partial charge in [0.25, 0.3) is 0 Å². The van der Waals surface area contributed by atoms with Gasteiger partial charge in [0.15, 0.2) is 11.9 Å². The number of benzene rings is 2. The number of primary amides is 1. The molecule has 0 saturated carbocycles. The molecule has 3 unspecified atom stereocenters. The number of carbonyl (C=O) groups excluding carboxylic acids is 16. The number of aliphatic hydroxyl groups excluding tert-OH is 2. The molecule has 48 heteroatoms. The number of nitrogens with zero attached hydrogens (tertiary/aromatic N) is 1. The summed E-state index contributed by atoms with van der Waals surface area (Å²) in [7, 11) is 0. The molecular weight excluding hydrogens is 1680 g/mol. The van der Waals surface area contributed by atoms with Crippen LogP contribution in [0, 0.1) is 28.6 Å². The second kappa shape index (κ2) is 54.4. The molecule has 0 bridgehead atoms. The third kappa shape index (κ3) is 37.4. The number of thiol groups is 2. The fourth-order valence-electron chi connectivity index (χ4n) is 12.6. The number of aromatic hydroxyl groups is 1.